The van der Waals surface area contributed by atoms with Crippen LogP contribution in [-0.2, 0) is 4.74 Å². The lowest BCUT2D eigenvalue weighted by molar-refractivity contribution is -0.00540. The van der Waals surface area contributed by atoms with E-state index in [2.05, 4.69) is 0 Å². The van der Waals surface area contributed by atoms with Crippen LogP contribution in [0.15, 0.2) is 48.5 Å². The molecule has 0 radical (unpaired) electrons. The van der Waals surface area contributed by atoms with Crippen LogP contribution in [0, 0.1) is 0 Å². The fraction of sp³-hybridized carbons (Fsp3) is 0.111. The van der Waals surface area contributed by atoms with Crippen molar-refractivity contribution in [3.05, 3.63) is 70.8 Å². The Morgan fingerprint density at radius 2 is 0.840 bits per heavy atom. The van der Waals surface area contributed by atoms with Crippen LogP contribution in [0.3, 0.4) is 0 Å². The molecule has 2 aromatic carbocycles. The Bertz CT molecular complexity index is 791. The number of carbonyl (C=O) groups excluding carboxylic acids is 4. The van der Waals surface area contributed by atoms with Gasteiger partial charge in [0, 0.05) is 0 Å². The number of rotatable bonds is 4. The normalized spacial score (nSPS) is 15.8. The highest BCUT2D eigenvalue weighted by molar-refractivity contribution is 6.22. The lowest BCUT2D eigenvalue weighted by Crippen LogP contribution is -2.37. The summed E-state index contributed by atoms with van der Waals surface area (Å²) in [6.07, 6.45) is 0. The smallest absolute Gasteiger partial charge is 0.263 e. The number of amides is 4. The molecule has 0 atom stereocenters. The summed E-state index contributed by atoms with van der Waals surface area (Å²) in [5, 5.41) is 0. The summed E-state index contributed by atoms with van der Waals surface area (Å²) in [5.74, 6) is -1.82. The van der Waals surface area contributed by atoms with Gasteiger partial charge in [0.05, 0.1) is 22.3 Å². The molecule has 4 amide bonds. The fourth-order valence-electron chi connectivity index (χ4n) is 2.94. The molecule has 124 valence electrons. The van der Waals surface area contributed by atoms with Crippen molar-refractivity contribution in [2.24, 2.45) is 0 Å². The lowest BCUT2D eigenvalue weighted by atomic mass is 10.1. The number of imide groups is 2. The van der Waals surface area contributed by atoms with Gasteiger partial charge in [-0.2, -0.15) is 0 Å². The molecule has 0 saturated carbocycles. The molecule has 2 heterocycles. The minimum Gasteiger partial charge on any atom is -0.340 e. The number of carbonyl (C=O) groups is 4. The fourth-order valence-corrected chi connectivity index (χ4v) is 2.94. The van der Waals surface area contributed by atoms with Crippen molar-refractivity contribution in [2.45, 2.75) is 0 Å². The molecule has 2 aliphatic heterocycles. The van der Waals surface area contributed by atoms with Gasteiger partial charge < -0.3 is 4.74 Å². The molecule has 2 aliphatic rings. The lowest BCUT2D eigenvalue weighted by Gasteiger charge is -2.18. The first-order chi connectivity index (χ1) is 12.1. The SMILES string of the molecule is O=C1c2ccccc2C(=O)N1COCN1C(=O)c2ccccc2C1=O. The van der Waals surface area contributed by atoms with Gasteiger partial charge >= 0.3 is 0 Å². The van der Waals surface area contributed by atoms with Crippen molar-refractivity contribution in [1.29, 1.82) is 0 Å². The Balaban J connectivity index is 1.43. The standard InChI is InChI=1S/C18H12N2O5/c21-15-11-5-1-2-6-12(11)16(22)19(15)9-25-10-20-17(23)13-7-3-4-8-14(13)18(20)24/h1-8H,9-10H2. The number of benzene rings is 2. The van der Waals surface area contributed by atoms with E-state index in [0.29, 0.717) is 22.3 Å². The zero-order valence-corrected chi connectivity index (χ0v) is 13.0. The first-order valence-electron chi connectivity index (χ1n) is 7.58. The van der Waals surface area contributed by atoms with Gasteiger partial charge in [-0.05, 0) is 24.3 Å². The van der Waals surface area contributed by atoms with Crippen LogP contribution in [0.4, 0.5) is 0 Å². The quantitative estimate of drug-likeness (QED) is 0.790. The number of nitrogens with zero attached hydrogens (tertiary/aromatic N) is 2. The molecule has 0 spiro atoms. The van der Waals surface area contributed by atoms with Gasteiger partial charge in [0.2, 0.25) is 0 Å². The van der Waals surface area contributed by atoms with Crippen molar-refractivity contribution in [3.8, 4) is 0 Å². The Labute approximate surface area is 142 Å². The Morgan fingerprint density at radius 3 is 1.12 bits per heavy atom. The van der Waals surface area contributed by atoms with Gasteiger partial charge in [-0.25, -0.2) is 9.80 Å². The number of ether oxygens (including phenoxy) is 1. The van der Waals surface area contributed by atoms with Crippen molar-refractivity contribution in [2.75, 3.05) is 13.5 Å². The summed E-state index contributed by atoms with van der Waals surface area (Å²) in [6.45, 7) is -0.667. The van der Waals surface area contributed by atoms with E-state index in [0.717, 1.165) is 9.80 Å². The van der Waals surface area contributed by atoms with Crippen LogP contribution in [0.1, 0.15) is 41.4 Å². The molecule has 2 aromatic rings. The zero-order valence-electron chi connectivity index (χ0n) is 13.0. The van der Waals surface area contributed by atoms with Gasteiger partial charge in [0.1, 0.15) is 13.5 Å². The second-order valence-corrected chi connectivity index (χ2v) is 5.63. The Hall–Kier alpha value is -3.32. The van der Waals surface area contributed by atoms with E-state index in [-0.39, 0.29) is 13.5 Å². The molecule has 7 heteroatoms. The van der Waals surface area contributed by atoms with E-state index in [4.69, 9.17) is 4.74 Å². The van der Waals surface area contributed by atoms with E-state index in [1.165, 1.54) is 0 Å². The van der Waals surface area contributed by atoms with E-state index >= 15 is 0 Å². The average Bonchev–Trinajstić information content (AvgIpc) is 3.03. The first-order valence-corrected chi connectivity index (χ1v) is 7.58. The molecule has 25 heavy (non-hydrogen) atoms. The molecule has 0 unspecified atom stereocenters. The van der Waals surface area contributed by atoms with Crippen molar-refractivity contribution in [3.63, 3.8) is 0 Å². The molecule has 0 aliphatic carbocycles. The maximum Gasteiger partial charge on any atom is 0.263 e. The minimum atomic E-state index is -0.456. The number of fused-ring (bicyclic) bond motifs is 2. The number of hydrogen-bond acceptors (Lipinski definition) is 5. The highest BCUT2D eigenvalue weighted by atomic mass is 16.5. The second kappa shape index (κ2) is 5.64. The summed E-state index contributed by atoms with van der Waals surface area (Å²) in [6, 6.07) is 13.0. The van der Waals surface area contributed by atoms with Gasteiger partial charge in [-0.1, -0.05) is 24.3 Å². The van der Waals surface area contributed by atoms with Crippen LogP contribution in [0.5, 0.6) is 0 Å². The predicted molar refractivity (Wildman–Crippen MR) is 84.7 cm³/mol. The number of hydrogen-bond donors (Lipinski definition) is 0. The van der Waals surface area contributed by atoms with Crippen LogP contribution in [-0.4, -0.2) is 46.9 Å². The monoisotopic (exact) mass is 336 g/mol. The molecular formula is C18H12N2O5. The maximum atomic E-state index is 12.2. The molecule has 0 fully saturated rings. The third kappa shape index (κ3) is 2.25. The third-order valence-corrected chi connectivity index (χ3v) is 4.20. The predicted octanol–water partition coefficient (Wildman–Crippen LogP) is 1.51. The third-order valence-electron chi connectivity index (χ3n) is 4.20. The zero-order chi connectivity index (χ0) is 17.6. The van der Waals surface area contributed by atoms with Gasteiger partial charge in [0.25, 0.3) is 23.6 Å². The maximum absolute atomic E-state index is 12.2. The summed E-state index contributed by atoms with van der Waals surface area (Å²) in [7, 11) is 0. The van der Waals surface area contributed by atoms with Crippen molar-refractivity contribution in [1.82, 2.24) is 9.80 Å². The van der Waals surface area contributed by atoms with Gasteiger partial charge in [-0.15, -0.1) is 0 Å². The van der Waals surface area contributed by atoms with E-state index in [1.54, 1.807) is 48.5 Å². The molecule has 0 N–H and O–H groups in total. The van der Waals surface area contributed by atoms with E-state index in [1.807, 2.05) is 0 Å². The van der Waals surface area contributed by atoms with Crippen LogP contribution in [0.2, 0.25) is 0 Å². The van der Waals surface area contributed by atoms with Crippen LogP contribution >= 0.6 is 0 Å². The summed E-state index contributed by atoms with van der Waals surface area (Å²) >= 11 is 0. The minimum absolute atomic E-state index is 0.317. The molecule has 7 nitrogen and oxygen atoms in total. The molecule has 0 aromatic heterocycles. The first kappa shape index (κ1) is 15.2. The Morgan fingerprint density at radius 1 is 0.560 bits per heavy atom. The van der Waals surface area contributed by atoms with Crippen LogP contribution < -0.4 is 0 Å². The highest BCUT2D eigenvalue weighted by Crippen LogP contribution is 2.24. The molecule has 0 saturated heterocycles. The van der Waals surface area contributed by atoms with Gasteiger partial charge in [-0.3, -0.25) is 19.2 Å². The van der Waals surface area contributed by atoms with Crippen molar-refractivity contribution < 1.29 is 23.9 Å². The Kier molecular flexibility index (Phi) is 3.43. The average molecular weight is 336 g/mol. The van der Waals surface area contributed by atoms with E-state index < -0.39 is 23.6 Å². The highest BCUT2D eigenvalue weighted by Gasteiger charge is 2.37. The summed E-state index contributed by atoms with van der Waals surface area (Å²) in [5.41, 5.74) is 1.27. The summed E-state index contributed by atoms with van der Waals surface area (Å²) in [4.78, 5) is 50.8. The topological polar surface area (TPSA) is 84.0 Å². The van der Waals surface area contributed by atoms with Crippen molar-refractivity contribution >= 4 is 23.6 Å². The van der Waals surface area contributed by atoms with Crippen LogP contribution in [0.25, 0.3) is 0 Å². The van der Waals surface area contributed by atoms with E-state index in [9.17, 15) is 19.2 Å². The summed E-state index contributed by atoms with van der Waals surface area (Å²) < 4.78 is 5.31. The molecular weight excluding hydrogens is 324 g/mol. The molecule has 0 bridgehead atoms. The molecule has 4 rings (SSSR count). The van der Waals surface area contributed by atoms with Gasteiger partial charge in [0.15, 0.2) is 0 Å². The largest absolute Gasteiger partial charge is 0.340 e. The second-order valence-electron chi connectivity index (χ2n) is 5.63.